The zero-order valence-electron chi connectivity index (χ0n) is 15.4. The van der Waals surface area contributed by atoms with Gasteiger partial charge in [-0.2, -0.15) is 0 Å². The maximum absolute atomic E-state index is 14.1. The minimum Gasteiger partial charge on any atom is -0.496 e. The topological polar surface area (TPSA) is 38.7 Å². The molecule has 1 aliphatic rings. The number of hydrogen-bond donors (Lipinski definition) is 1. The summed E-state index contributed by atoms with van der Waals surface area (Å²) < 4.78 is 25.7. The van der Waals surface area contributed by atoms with Crippen molar-refractivity contribution in [3.63, 3.8) is 0 Å². The minimum atomic E-state index is -0.611. The van der Waals surface area contributed by atoms with Gasteiger partial charge in [-0.1, -0.05) is 20.8 Å². The number of fused-ring (bicyclic) bond motifs is 1. The Morgan fingerprint density at radius 2 is 2.00 bits per heavy atom. The molecule has 0 bridgehead atoms. The molecule has 0 spiro atoms. The van der Waals surface area contributed by atoms with Crippen LogP contribution in [-0.2, 0) is 0 Å². The Balaban J connectivity index is 2.73. The molecule has 0 atom stereocenters. The Kier molecular flexibility index (Phi) is 5.38. The Morgan fingerprint density at radius 3 is 2.50 bits per heavy atom. The minimum absolute atomic E-state index is 0.310. The predicted molar refractivity (Wildman–Crippen MR) is 95.9 cm³/mol. The first kappa shape index (κ1) is 18.5. The van der Waals surface area contributed by atoms with Crippen molar-refractivity contribution >= 4 is 11.1 Å². The van der Waals surface area contributed by atoms with E-state index >= 15 is 0 Å². The number of hydrogen-bond acceptors (Lipinski definition) is 3. The van der Waals surface area contributed by atoms with Crippen molar-refractivity contribution in [1.82, 2.24) is 0 Å². The highest BCUT2D eigenvalue weighted by Crippen LogP contribution is 2.44. The molecule has 2 rings (SSSR count). The molecule has 1 aromatic carbocycles. The maximum Gasteiger partial charge on any atom is 0.131 e. The first-order valence-corrected chi connectivity index (χ1v) is 8.37. The largest absolute Gasteiger partial charge is 0.496 e. The second-order valence-corrected chi connectivity index (χ2v) is 6.90. The van der Waals surface area contributed by atoms with E-state index in [0.29, 0.717) is 29.2 Å². The molecule has 0 amide bonds. The molecule has 1 aromatic rings. The molecule has 1 N–H and O–H groups in total. The number of rotatable bonds is 5. The van der Waals surface area contributed by atoms with Gasteiger partial charge in [0.2, 0.25) is 0 Å². The summed E-state index contributed by atoms with van der Waals surface area (Å²) in [6, 6.07) is 3.74. The van der Waals surface area contributed by atoms with Crippen LogP contribution in [0.2, 0.25) is 0 Å². The molecule has 0 saturated carbocycles. The Hall–Kier alpha value is -1.81. The third-order valence-corrected chi connectivity index (χ3v) is 4.26. The number of halogens is 1. The molecular weight excluding hydrogens is 307 g/mol. The summed E-state index contributed by atoms with van der Waals surface area (Å²) >= 11 is 0. The van der Waals surface area contributed by atoms with Gasteiger partial charge in [0.05, 0.1) is 13.7 Å². The fraction of sp³-hybridized carbons (Fsp3) is 0.500. The summed E-state index contributed by atoms with van der Waals surface area (Å²) in [4.78, 5) is 0. The number of aliphatic hydroxyl groups excluding tert-OH is 1. The van der Waals surface area contributed by atoms with E-state index in [1.54, 1.807) is 7.11 Å². The Morgan fingerprint density at radius 1 is 1.33 bits per heavy atom. The van der Waals surface area contributed by atoms with E-state index in [9.17, 15) is 9.50 Å². The van der Waals surface area contributed by atoms with Crippen LogP contribution in [0.4, 0.5) is 4.39 Å². The zero-order chi connectivity index (χ0) is 18.1. The molecule has 0 aliphatic carbocycles. The van der Waals surface area contributed by atoms with E-state index in [4.69, 9.17) is 9.47 Å². The van der Waals surface area contributed by atoms with Crippen LogP contribution in [0.3, 0.4) is 0 Å². The van der Waals surface area contributed by atoms with Gasteiger partial charge in [-0.25, -0.2) is 4.39 Å². The lowest BCUT2D eigenvalue weighted by atomic mass is 9.86. The average molecular weight is 334 g/mol. The van der Waals surface area contributed by atoms with Gasteiger partial charge in [0.25, 0.3) is 0 Å². The van der Waals surface area contributed by atoms with E-state index in [0.717, 1.165) is 11.3 Å². The molecule has 0 fully saturated rings. The second-order valence-electron chi connectivity index (χ2n) is 6.90. The van der Waals surface area contributed by atoms with Gasteiger partial charge < -0.3 is 14.6 Å². The molecule has 132 valence electrons. The van der Waals surface area contributed by atoms with Crippen LogP contribution in [0.5, 0.6) is 11.5 Å². The number of ether oxygens (including phenoxy) is 2. The highest BCUT2D eigenvalue weighted by atomic mass is 19.1. The summed E-state index contributed by atoms with van der Waals surface area (Å²) in [5, 5.41) is 9.20. The van der Waals surface area contributed by atoms with E-state index in [1.807, 2.05) is 32.9 Å². The SMILES string of the molecule is CCC(=C(F)CO)c1cc2c(cc1OC)OC(C)(C)C=C2C(C)C. The number of benzene rings is 1. The monoisotopic (exact) mass is 334 g/mol. The van der Waals surface area contributed by atoms with Crippen molar-refractivity contribution in [3.8, 4) is 11.5 Å². The van der Waals surface area contributed by atoms with Crippen LogP contribution < -0.4 is 9.47 Å². The molecule has 4 heteroatoms. The first-order valence-electron chi connectivity index (χ1n) is 8.37. The van der Waals surface area contributed by atoms with Crippen LogP contribution in [0.25, 0.3) is 11.1 Å². The highest BCUT2D eigenvalue weighted by molar-refractivity contribution is 5.81. The molecular formula is C20H27FO3. The van der Waals surface area contributed by atoms with Crippen molar-refractivity contribution < 1.29 is 19.0 Å². The van der Waals surface area contributed by atoms with Crippen LogP contribution in [-0.4, -0.2) is 24.4 Å². The Labute approximate surface area is 143 Å². The smallest absolute Gasteiger partial charge is 0.131 e. The van der Waals surface area contributed by atoms with Crippen LogP contribution in [0.1, 0.15) is 52.2 Å². The van der Waals surface area contributed by atoms with Gasteiger partial charge in [0, 0.05) is 17.2 Å². The fourth-order valence-corrected chi connectivity index (χ4v) is 3.14. The number of allylic oxidation sites excluding steroid dienone is 2. The molecule has 0 saturated heterocycles. The van der Waals surface area contributed by atoms with E-state index in [2.05, 4.69) is 19.9 Å². The summed E-state index contributed by atoms with van der Waals surface area (Å²) in [7, 11) is 1.56. The van der Waals surface area contributed by atoms with Crippen LogP contribution in [0.15, 0.2) is 24.0 Å². The van der Waals surface area contributed by atoms with Gasteiger partial charge in [-0.05, 0) is 49.5 Å². The first-order chi connectivity index (χ1) is 11.2. The fourth-order valence-electron chi connectivity index (χ4n) is 3.14. The van der Waals surface area contributed by atoms with Crippen molar-refractivity contribution in [2.24, 2.45) is 5.92 Å². The molecule has 0 aromatic heterocycles. The summed E-state index contributed by atoms with van der Waals surface area (Å²) in [6.07, 6.45) is 2.59. The van der Waals surface area contributed by atoms with E-state index < -0.39 is 18.0 Å². The quantitative estimate of drug-likeness (QED) is 0.824. The Bertz CT molecular complexity index is 684. The summed E-state index contributed by atoms with van der Waals surface area (Å²) in [6.45, 7) is 9.54. The zero-order valence-corrected chi connectivity index (χ0v) is 15.4. The van der Waals surface area contributed by atoms with Crippen molar-refractivity contribution in [2.75, 3.05) is 13.7 Å². The van der Waals surface area contributed by atoms with Gasteiger partial charge in [-0.3, -0.25) is 0 Å². The molecule has 0 unspecified atom stereocenters. The van der Waals surface area contributed by atoms with Gasteiger partial charge >= 0.3 is 0 Å². The normalized spacial score (nSPS) is 17.0. The maximum atomic E-state index is 14.1. The van der Waals surface area contributed by atoms with Crippen molar-refractivity contribution in [3.05, 3.63) is 35.2 Å². The summed E-state index contributed by atoms with van der Waals surface area (Å²) in [5.74, 6) is 1.08. The van der Waals surface area contributed by atoms with Crippen molar-refractivity contribution in [2.45, 2.75) is 46.6 Å². The molecule has 1 aliphatic heterocycles. The second kappa shape index (κ2) is 6.98. The van der Waals surface area contributed by atoms with Gasteiger partial charge in [0.1, 0.15) is 22.9 Å². The number of methoxy groups -OCH3 is 1. The van der Waals surface area contributed by atoms with Crippen LogP contribution in [0, 0.1) is 5.92 Å². The van der Waals surface area contributed by atoms with Gasteiger partial charge in [0.15, 0.2) is 0 Å². The molecule has 0 radical (unpaired) electrons. The summed E-state index contributed by atoms with van der Waals surface area (Å²) in [5.41, 5.74) is 2.85. The van der Waals surface area contributed by atoms with Crippen LogP contribution >= 0.6 is 0 Å². The highest BCUT2D eigenvalue weighted by Gasteiger charge is 2.29. The third kappa shape index (κ3) is 3.48. The molecule has 3 nitrogen and oxygen atoms in total. The predicted octanol–water partition coefficient (Wildman–Crippen LogP) is 4.99. The van der Waals surface area contributed by atoms with E-state index in [1.165, 1.54) is 5.57 Å². The van der Waals surface area contributed by atoms with E-state index in [-0.39, 0.29) is 0 Å². The lowest BCUT2D eigenvalue weighted by Crippen LogP contribution is -2.29. The third-order valence-electron chi connectivity index (χ3n) is 4.26. The number of aliphatic hydroxyl groups is 1. The standard InChI is InChI=1S/C20H27FO3/c1-7-13(17(21)11-22)14-8-15-16(12(2)3)10-20(4,5)24-19(15)9-18(14)23-6/h8-10,12,22H,7,11H2,1-6H3. The lowest BCUT2D eigenvalue weighted by molar-refractivity contribution is 0.156. The lowest BCUT2D eigenvalue weighted by Gasteiger charge is -2.33. The van der Waals surface area contributed by atoms with Crippen molar-refractivity contribution in [1.29, 1.82) is 0 Å². The van der Waals surface area contributed by atoms with Gasteiger partial charge in [-0.15, -0.1) is 0 Å². The molecule has 24 heavy (non-hydrogen) atoms. The molecule has 1 heterocycles. The average Bonchev–Trinajstić information content (AvgIpc) is 2.53.